The third-order valence-corrected chi connectivity index (χ3v) is 1.26. The Morgan fingerprint density at radius 2 is 1.85 bits per heavy atom. The first-order valence-corrected chi connectivity index (χ1v) is 3.02. The van der Waals surface area contributed by atoms with Crippen molar-refractivity contribution in [1.29, 1.82) is 0 Å². The quantitative estimate of drug-likeness (QED) is 0.431. The van der Waals surface area contributed by atoms with Gasteiger partial charge in [0.15, 0.2) is 0 Å². The van der Waals surface area contributed by atoms with E-state index in [1.54, 1.807) is 0 Å². The molecule has 13 heavy (non-hydrogen) atoms. The molecule has 0 aliphatic rings. The van der Waals surface area contributed by atoms with Gasteiger partial charge in [-0.25, -0.2) is 9.37 Å². The van der Waals surface area contributed by atoms with E-state index in [0.29, 0.717) is 12.3 Å². The average Bonchev–Trinajstić information content (AvgIpc) is 1.83. The van der Waals surface area contributed by atoms with Crippen LogP contribution in [0, 0.1) is 5.82 Å². The maximum atomic E-state index is 12.5. The van der Waals surface area contributed by atoms with Crippen molar-refractivity contribution in [3.05, 3.63) is 18.1 Å². The van der Waals surface area contributed by atoms with Gasteiger partial charge in [-0.05, 0) is 0 Å². The van der Waals surface area contributed by atoms with Crippen LogP contribution in [-0.2, 0) is 0 Å². The average molecular weight is 218 g/mol. The number of hydrogen-bond donors (Lipinski definition) is 1. The van der Waals surface area contributed by atoms with Crippen LogP contribution in [0.4, 0.5) is 23.2 Å². The Morgan fingerprint density at radius 3 is 2.23 bits per heavy atom. The van der Waals surface area contributed by atoms with E-state index >= 15 is 0 Å². The number of rotatable bonds is 1. The molecule has 0 radical (unpaired) electrons. The van der Waals surface area contributed by atoms with Crippen LogP contribution in [-0.4, -0.2) is 12.0 Å². The number of anilines is 1. The molecule has 8 heteroatoms. The summed E-state index contributed by atoms with van der Waals surface area (Å²) in [5.41, 5.74) is 3.62. The Balaban J connectivity index is 0.00000144. The van der Waals surface area contributed by atoms with Gasteiger partial charge >= 0.3 is 58.4 Å². The molecule has 0 unspecified atom stereocenters. The summed E-state index contributed by atoms with van der Waals surface area (Å²) in [6, 6.07) is 0.546. The molecule has 66 valence electrons. The third kappa shape index (κ3) is 3.55. The monoisotopic (exact) mass is 218 g/mol. The maximum absolute atomic E-state index is 12.5. The van der Waals surface area contributed by atoms with Crippen molar-refractivity contribution in [2.75, 3.05) is 5.73 Å². The summed E-state index contributed by atoms with van der Waals surface area (Å²) in [6.45, 7) is -5.34. The van der Waals surface area contributed by atoms with E-state index in [1.165, 1.54) is 0 Å². The maximum Gasteiger partial charge on any atom is 1.00 e. The molecule has 0 saturated heterocycles. The molecular formula is C5H4BF4KN2. The number of pyridine rings is 1. The Hall–Kier alpha value is 0.371. The largest absolute Gasteiger partial charge is 1.00 e. The van der Waals surface area contributed by atoms with E-state index in [2.05, 4.69) is 4.98 Å². The molecule has 0 aliphatic heterocycles. The molecule has 1 heterocycles. The van der Waals surface area contributed by atoms with Crippen molar-refractivity contribution in [2.45, 2.75) is 0 Å². The van der Waals surface area contributed by atoms with Crippen LogP contribution in [0.15, 0.2) is 12.3 Å². The molecule has 1 aromatic rings. The van der Waals surface area contributed by atoms with Gasteiger partial charge in [-0.3, -0.25) is 0 Å². The molecule has 0 bridgehead atoms. The van der Waals surface area contributed by atoms with Gasteiger partial charge in [0, 0.05) is 12.3 Å². The second-order valence-electron chi connectivity index (χ2n) is 2.21. The number of aromatic nitrogens is 1. The zero-order chi connectivity index (χ0) is 9.35. The predicted molar refractivity (Wildman–Crippen MR) is 37.3 cm³/mol. The summed E-state index contributed by atoms with van der Waals surface area (Å²) in [4.78, 5) is 3.14. The van der Waals surface area contributed by atoms with Gasteiger partial charge < -0.3 is 18.7 Å². The van der Waals surface area contributed by atoms with E-state index < -0.39 is 18.3 Å². The van der Waals surface area contributed by atoms with Crippen molar-refractivity contribution in [2.24, 2.45) is 0 Å². The summed E-state index contributed by atoms with van der Waals surface area (Å²) in [5, 5.41) is 0. The number of hydrogen-bond acceptors (Lipinski definition) is 2. The van der Waals surface area contributed by atoms with Crippen LogP contribution >= 0.6 is 0 Å². The summed E-state index contributed by atoms with van der Waals surface area (Å²) >= 11 is 0. The minimum Gasteiger partial charge on any atom is -0.445 e. The van der Waals surface area contributed by atoms with Gasteiger partial charge in [0.2, 0.25) is 0 Å². The first kappa shape index (κ1) is 13.4. The standard InChI is InChI=1S/C5H4BF4N2.K/c7-4-1-5(11)12-2-3(4)6(8,9)10;/h1-2H,(H2,11,12);/q-1;+1. The fourth-order valence-corrected chi connectivity index (χ4v) is 0.697. The zero-order valence-electron chi connectivity index (χ0n) is 6.77. The Morgan fingerprint density at radius 1 is 1.31 bits per heavy atom. The van der Waals surface area contributed by atoms with E-state index in [9.17, 15) is 17.3 Å². The van der Waals surface area contributed by atoms with Crippen molar-refractivity contribution in [3.8, 4) is 0 Å². The smallest absolute Gasteiger partial charge is 0.445 e. The summed E-state index contributed by atoms with van der Waals surface area (Å²) < 4.78 is 48.3. The van der Waals surface area contributed by atoms with Gasteiger partial charge in [0.05, 0.1) is 0 Å². The molecule has 0 fully saturated rings. The number of halogens is 4. The van der Waals surface area contributed by atoms with Gasteiger partial charge in [0.25, 0.3) is 0 Å². The molecule has 0 aromatic carbocycles. The predicted octanol–water partition coefficient (Wildman–Crippen LogP) is -2.14. The van der Waals surface area contributed by atoms with Gasteiger partial charge in [-0.2, -0.15) is 0 Å². The van der Waals surface area contributed by atoms with Crippen molar-refractivity contribution < 1.29 is 68.7 Å². The molecule has 0 amide bonds. The first-order valence-electron chi connectivity index (χ1n) is 3.02. The number of nitrogens with zero attached hydrogens (tertiary/aromatic N) is 1. The Kier molecular flexibility index (Phi) is 4.88. The third-order valence-electron chi connectivity index (χ3n) is 1.26. The SMILES string of the molecule is Nc1cc(F)c([B-](F)(F)F)cn1.[K+]. The van der Waals surface area contributed by atoms with Crippen LogP contribution in [0.25, 0.3) is 0 Å². The van der Waals surface area contributed by atoms with Crippen LogP contribution in [0.3, 0.4) is 0 Å². The van der Waals surface area contributed by atoms with Crippen LogP contribution in [0.1, 0.15) is 0 Å². The topological polar surface area (TPSA) is 38.9 Å². The molecule has 0 spiro atoms. The van der Waals surface area contributed by atoms with Crippen molar-refractivity contribution in [1.82, 2.24) is 4.98 Å². The summed E-state index contributed by atoms with van der Waals surface area (Å²) in [7, 11) is 0. The molecular weight excluding hydrogens is 214 g/mol. The zero-order valence-corrected chi connectivity index (χ0v) is 9.89. The second kappa shape index (κ2) is 4.74. The van der Waals surface area contributed by atoms with E-state index in [-0.39, 0.29) is 57.2 Å². The van der Waals surface area contributed by atoms with Gasteiger partial charge in [-0.15, -0.1) is 0 Å². The van der Waals surface area contributed by atoms with Gasteiger partial charge in [-0.1, -0.05) is 5.46 Å². The van der Waals surface area contributed by atoms with Crippen molar-refractivity contribution in [3.63, 3.8) is 0 Å². The molecule has 2 N–H and O–H groups in total. The molecule has 1 rings (SSSR count). The number of nitrogens with two attached hydrogens (primary N) is 1. The summed E-state index contributed by atoms with van der Waals surface area (Å²) in [6.07, 6.45) is 0.394. The Bertz CT molecular complexity index is 303. The normalized spacial score (nSPS) is 10.8. The van der Waals surface area contributed by atoms with Gasteiger partial charge in [0.1, 0.15) is 11.6 Å². The first-order chi connectivity index (χ1) is 5.41. The fraction of sp³-hybridized carbons (Fsp3) is 0. The van der Waals surface area contributed by atoms with E-state index in [0.717, 1.165) is 0 Å². The van der Waals surface area contributed by atoms with E-state index in [4.69, 9.17) is 5.73 Å². The minimum absolute atomic E-state index is 0. The Labute approximate surface area is 114 Å². The van der Waals surface area contributed by atoms with Crippen LogP contribution in [0.5, 0.6) is 0 Å². The molecule has 0 atom stereocenters. The summed E-state index contributed by atoms with van der Waals surface area (Å²) in [5.74, 6) is -1.65. The van der Waals surface area contributed by atoms with Crippen molar-refractivity contribution >= 4 is 18.3 Å². The molecule has 0 aliphatic carbocycles. The minimum atomic E-state index is -5.34. The van der Waals surface area contributed by atoms with E-state index in [1.807, 2.05) is 0 Å². The number of nitrogen functional groups attached to an aromatic ring is 1. The second-order valence-corrected chi connectivity index (χ2v) is 2.21. The van der Waals surface area contributed by atoms with Crippen LogP contribution in [0.2, 0.25) is 0 Å². The fourth-order valence-electron chi connectivity index (χ4n) is 0.697. The molecule has 2 nitrogen and oxygen atoms in total. The van der Waals surface area contributed by atoms with Crippen LogP contribution < -0.4 is 62.6 Å². The molecule has 0 saturated carbocycles. The molecule has 1 aromatic heterocycles.